The third kappa shape index (κ3) is 1.94. The van der Waals surface area contributed by atoms with Gasteiger partial charge in [-0.1, -0.05) is 19.1 Å². The van der Waals surface area contributed by atoms with Gasteiger partial charge in [0.05, 0.1) is 5.69 Å². The third-order valence-corrected chi connectivity index (χ3v) is 3.32. The van der Waals surface area contributed by atoms with Crippen LogP contribution in [-0.4, -0.2) is 10.7 Å². The van der Waals surface area contributed by atoms with Crippen molar-refractivity contribution in [3.05, 3.63) is 35.7 Å². The maximum atomic E-state index is 4.44. The molecule has 13 heavy (non-hydrogen) atoms. The summed E-state index contributed by atoms with van der Waals surface area (Å²) in [6, 6.07) is 4.30. The number of allylic oxidation sites excluding steroid dienone is 1. The van der Waals surface area contributed by atoms with E-state index in [9.17, 15) is 0 Å². The Balaban J connectivity index is 2.22. The molecule has 68 valence electrons. The van der Waals surface area contributed by atoms with Crippen LogP contribution < -0.4 is 0 Å². The van der Waals surface area contributed by atoms with Gasteiger partial charge >= 0.3 is 0 Å². The van der Waals surface area contributed by atoms with Crippen molar-refractivity contribution in [2.75, 3.05) is 5.75 Å². The monoisotopic (exact) mass is 191 g/mol. The van der Waals surface area contributed by atoms with Crippen molar-refractivity contribution in [1.29, 1.82) is 0 Å². The average Bonchev–Trinajstić information content (AvgIpc) is 2.71. The number of hydrogen-bond donors (Lipinski definition) is 0. The zero-order chi connectivity index (χ0) is 9.10. The first-order valence-corrected chi connectivity index (χ1v) is 5.67. The molecule has 1 nitrogen and oxygen atoms in total. The highest BCUT2D eigenvalue weighted by atomic mass is 32.2. The molecule has 0 atom stereocenters. The van der Waals surface area contributed by atoms with Crippen molar-refractivity contribution in [2.24, 2.45) is 0 Å². The molecular weight excluding hydrogens is 178 g/mol. The Morgan fingerprint density at radius 2 is 2.38 bits per heavy atom. The number of rotatable bonds is 2. The van der Waals surface area contributed by atoms with Crippen LogP contribution in [0.5, 0.6) is 0 Å². The zero-order valence-electron chi connectivity index (χ0n) is 7.79. The zero-order valence-corrected chi connectivity index (χ0v) is 8.60. The molecule has 2 heteroatoms. The molecule has 0 saturated carbocycles. The Labute approximate surface area is 83.3 Å². The van der Waals surface area contributed by atoms with Crippen molar-refractivity contribution in [3.63, 3.8) is 0 Å². The summed E-state index contributed by atoms with van der Waals surface area (Å²) in [5.74, 6) is 1.21. The number of pyridine rings is 1. The van der Waals surface area contributed by atoms with E-state index in [0.717, 1.165) is 12.1 Å². The lowest BCUT2D eigenvalue weighted by Crippen LogP contribution is -1.87. The second-order valence-corrected chi connectivity index (χ2v) is 4.25. The van der Waals surface area contributed by atoms with E-state index in [-0.39, 0.29) is 0 Å². The summed E-state index contributed by atoms with van der Waals surface area (Å²) in [4.78, 5) is 5.79. The molecule has 0 spiro atoms. The van der Waals surface area contributed by atoms with Gasteiger partial charge in [0.1, 0.15) is 0 Å². The van der Waals surface area contributed by atoms with Gasteiger partial charge in [-0.3, -0.25) is 4.98 Å². The highest BCUT2D eigenvalue weighted by molar-refractivity contribution is 8.08. The first-order valence-electron chi connectivity index (χ1n) is 4.68. The minimum absolute atomic E-state index is 1.07. The van der Waals surface area contributed by atoms with Crippen LogP contribution in [0, 0.1) is 0 Å². The number of aryl methyl sites for hydroxylation is 1. The number of aromatic nitrogens is 1. The summed E-state index contributed by atoms with van der Waals surface area (Å²) in [7, 11) is 0. The van der Waals surface area contributed by atoms with E-state index in [0.29, 0.717) is 0 Å². The lowest BCUT2D eigenvalue weighted by molar-refractivity contribution is 1.10. The summed E-state index contributed by atoms with van der Waals surface area (Å²) >= 11 is 1.91. The first kappa shape index (κ1) is 8.82. The molecule has 1 aromatic heterocycles. The molecule has 2 heterocycles. The van der Waals surface area contributed by atoms with Crippen LogP contribution >= 0.6 is 11.8 Å². The predicted octanol–water partition coefficient (Wildman–Crippen LogP) is 3.12. The fourth-order valence-corrected chi connectivity index (χ4v) is 2.34. The Bertz CT molecular complexity index is 313. The van der Waals surface area contributed by atoms with E-state index in [4.69, 9.17) is 0 Å². The van der Waals surface area contributed by atoms with Gasteiger partial charge < -0.3 is 0 Å². The van der Waals surface area contributed by atoms with Crippen molar-refractivity contribution in [1.82, 2.24) is 4.98 Å². The maximum absolute atomic E-state index is 4.44. The summed E-state index contributed by atoms with van der Waals surface area (Å²) in [6.45, 7) is 2.15. The van der Waals surface area contributed by atoms with Gasteiger partial charge in [-0.05, 0) is 24.5 Å². The van der Waals surface area contributed by atoms with Crippen molar-refractivity contribution >= 4 is 16.7 Å². The van der Waals surface area contributed by atoms with Gasteiger partial charge in [0.15, 0.2) is 0 Å². The molecule has 0 amide bonds. The molecule has 0 aromatic carbocycles. The van der Waals surface area contributed by atoms with E-state index in [1.807, 2.05) is 18.0 Å². The first-order chi connectivity index (χ1) is 6.40. The van der Waals surface area contributed by atoms with E-state index in [2.05, 4.69) is 30.1 Å². The second-order valence-electron chi connectivity index (χ2n) is 3.11. The van der Waals surface area contributed by atoms with Crippen LogP contribution in [0.3, 0.4) is 0 Å². The van der Waals surface area contributed by atoms with Crippen LogP contribution in [-0.2, 0) is 6.42 Å². The lowest BCUT2D eigenvalue weighted by Gasteiger charge is -2.01. The maximum Gasteiger partial charge on any atom is 0.0762 e. The third-order valence-electron chi connectivity index (χ3n) is 2.19. The number of thioether (sulfide) groups is 1. The smallest absolute Gasteiger partial charge is 0.0762 e. The molecule has 0 fully saturated rings. The molecule has 0 bridgehead atoms. The van der Waals surface area contributed by atoms with Crippen molar-refractivity contribution in [3.8, 4) is 0 Å². The summed E-state index contributed by atoms with van der Waals surface area (Å²) in [5.41, 5.74) is 2.45. The molecular formula is C11H13NS. The van der Waals surface area contributed by atoms with Gasteiger partial charge in [-0.25, -0.2) is 0 Å². The van der Waals surface area contributed by atoms with Gasteiger partial charge in [-0.2, -0.15) is 0 Å². The van der Waals surface area contributed by atoms with Gasteiger partial charge in [-0.15, -0.1) is 11.8 Å². The Morgan fingerprint density at radius 1 is 1.46 bits per heavy atom. The van der Waals surface area contributed by atoms with E-state index >= 15 is 0 Å². The quantitative estimate of drug-likeness (QED) is 0.712. The second kappa shape index (κ2) is 3.97. The Hall–Kier alpha value is -0.760. The SMILES string of the molecule is CCc1ccc(C2=CCCS2)nc1. The van der Waals surface area contributed by atoms with E-state index < -0.39 is 0 Å². The van der Waals surface area contributed by atoms with Gasteiger partial charge in [0, 0.05) is 16.9 Å². The molecule has 1 aromatic rings. The van der Waals surface area contributed by atoms with Crippen molar-refractivity contribution in [2.45, 2.75) is 19.8 Å². The summed E-state index contributed by atoms with van der Waals surface area (Å²) in [5, 5.41) is 0. The topological polar surface area (TPSA) is 12.9 Å². The molecule has 0 N–H and O–H groups in total. The normalized spacial score (nSPS) is 15.9. The molecule has 1 aliphatic rings. The van der Waals surface area contributed by atoms with Crippen LogP contribution in [0.15, 0.2) is 24.4 Å². The van der Waals surface area contributed by atoms with Crippen LogP contribution in [0.25, 0.3) is 4.91 Å². The molecule has 0 saturated heterocycles. The highest BCUT2D eigenvalue weighted by Crippen LogP contribution is 2.32. The molecule has 1 aliphatic heterocycles. The van der Waals surface area contributed by atoms with Crippen LogP contribution in [0.4, 0.5) is 0 Å². The molecule has 0 unspecified atom stereocenters. The molecule has 0 aliphatic carbocycles. The number of nitrogens with zero attached hydrogens (tertiary/aromatic N) is 1. The van der Waals surface area contributed by atoms with Crippen molar-refractivity contribution < 1.29 is 0 Å². The number of hydrogen-bond acceptors (Lipinski definition) is 2. The summed E-state index contributed by atoms with van der Waals surface area (Å²) in [6.07, 6.45) is 6.52. The summed E-state index contributed by atoms with van der Waals surface area (Å²) < 4.78 is 0. The highest BCUT2D eigenvalue weighted by Gasteiger charge is 2.08. The van der Waals surface area contributed by atoms with Gasteiger partial charge in [0.25, 0.3) is 0 Å². The fraction of sp³-hybridized carbons (Fsp3) is 0.364. The van der Waals surface area contributed by atoms with Crippen LogP contribution in [0.1, 0.15) is 24.6 Å². The molecule has 2 rings (SSSR count). The Morgan fingerprint density at radius 3 is 2.92 bits per heavy atom. The largest absolute Gasteiger partial charge is 0.255 e. The predicted molar refractivity (Wildman–Crippen MR) is 58.7 cm³/mol. The lowest BCUT2D eigenvalue weighted by atomic mass is 10.2. The molecule has 0 radical (unpaired) electrons. The minimum atomic E-state index is 1.07. The standard InChI is InChI=1S/C11H13NS/c1-2-9-5-6-10(12-8-9)11-4-3-7-13-11/h4-6,8H,2-3,7H2,1H3. The van der Waals surface area contributed by atoms with E-state index in [1.54, 1.807) is 0 Å². The van der Waals surface area contributed by atoms with Gasteiger partial charge in [0.2, 0.25) is 0 Å². The van der Waals surface area contributed by atoms with E-state index in [1.165, 1.54) is 22.6 Å². The average molecular weight is 191 g/mol. The minimum Gasteiger partial charge on any atom is -0.255 e. The van der Waals surface area contributed by atoms with Crippen LogP contribution in [0.2, 0.25) is 0 Å². The Kier molecular flexibility index (Phi) is 2.69. The fourth-order valence-electron chi connectivity index (χ4n) is 1.38.